The zero-order valence-electron chi connectivity index (χ0n) is 21.6. The minimum absolute atomic E-state index is 0.261. The number of anilines is 1. The van der Waals surface area contributed by atoms with E-state index in [4.69, 9.17) is 15.1 Å². The molecule has 11 heteroatoms. The number of carbonyl (C=O) groups is 1. The molecule has 1 saturated heterocycles. The van der Waals surface area contributed by atoms with Gasteiger partial charge in [0.2, 0.25) is 11.7 Å². The fourth-order valence-corrected chi connectivity index (χ4v) is 7.74. The Bertz CT molecular complexity index is 1410. The van der Waals surface area contributed by atoms with Crippen LogP contribution in [-0.4, -0.2) is 54.6 Å². The highest BCUT2D eigenvalue weighted by Gasteiger charge is 2.67. The predicted octanol–water partition coefficient (Wildman–Crippen LogP) is 4.80. The Labute approximate surface area is 228 Å². The molecule has 4 N–H and O–H groups in total. The lowest BCUT2D eigenvalue weighted by atomic mass is 9.56. The molecule has 2 aliphatic carbocycles. The van der Waals surface area contributed by atoms with Gasteiger partial charge in [-0.25, -0.2) is 15.0 Å². The van der Waals surface area contributed by atoms with Crippen molar-refractivity contribution < 1.29 is 18.3 Å². The summed E-state index contributed by atoms with van der Waals surface area (Å²) in [4.78, 5) is 28.9. The zero-order chi connectivity index (χ0) is 27.3. The number of amides is 1. The molecular formula is C28H32N6O4S. The Morgan fingerprint density at radius 2 is 1.79 bits per heavy atom. The molecule has 3 fully saturated rings. The molecule has 0 spiro atoms. The third-order valence-electron chi connectivity index (χ3n) is 8.78. The molecule has 10 nitrogen and oxygen atoms in total. The summed E-state index contributed by atoms with van der Waals surface area (Å²) >= 11 is 0. The van der Waals surface area contributed by atoms with E-state index in [0.29, 0.717) is 67.6 Å². The summed E-state index contributed by atoms with van der Waals surface area (Å²) in [7, 11) is -2.48. The lowest BCUT2D eigenvalue weighted by Crippen LogP contribution is -2.50. The van der Waals surface area contributed by atoms with Gasteiger partial charge >= 0.3 is 0 Å². The highest BCUT2D eigenvalue weighted by molar-refractivity contribution is 8.24. The quantitative estimate of drug-likeness (QED) is 0.392. The average Bonchev–Trinajstić information content (AvgIpc) is 3.64. The van der Waals surface area contributed by atoms with E-state index in [1.54, 1.807) is 18.5 Å². The second-order valence-corrected chi connectivity index (χ2v) is 13.3. The molecule has 0 radical (unpaired) electrons. The molecule has 1 aromatic carbocycles. The van der Waals surface area contributed by atoms with Crippen LogP contribution in [-0.2, 0) is 4.79 Å². The first-order chi connectivity index (χ1) is 18.8. The predicted molar refractivity (Wildman–Crippen MR) is 148 cm³/mol. The first-order valence-corrected chi connectivity index (χ1v) is 15.3. The average molecular weight is 549 g/mol. The Kier molecular flexibility index (Phi) is 6.37. The normalized spacial score (nSPS) is 26.4. The molecule has 2 aromatic heterocycles. The lowest BCUT2D eigenvalue weighted by molar-refractivity contribution is -0.135. The fourth-order valence-electron chi connectivity index (χ4n) is 6.51. The number of primary amides is 1. The van der Waals surface area contributed by atoms with E-state index in [0.717, 1.165) is 24.1 Å². The molecule has 1 amide bonds. The summed E-state index contributed by atoms with van der Waals surface area (Å²) in [5, 5.41) is 10.2. The molecule has 6 rings (SSSR count). The first kappa shape index (κ1) is 25.8. The summed E-state index contributed by atoms with van der Waals surface area (Å²) in [6.07, 6.45) is 7.48. The molecule has 2 atom stereocenters. The molecule has 2 saturated carbocycles. The van der Waals surface area contributed by atoms with Crippen LogP contribution < -0.4 is 10.6 Å². The van der Waals surface area contributed by atoms with Crippen molar-refractivity contribution in [1.82, 2.24) is 15.0 Å². The van der Waals surface area contributed by atoms with Gasteiger partial charge < -0.3 is 15.1 Å². The Morgan fingerprint density at radius 1 is 1.10 bits per heavy atom. The Hall–Kier alpha value is -3.46. The van der Waals surface area contributed by atoms with Gasteiger partial charge in [-0.1, -0.05) is 25.0 Å². The molecule has 0 bridgehead atoms. The van der Waals surface area contributed by atoms with Crippen molar-refractivity contribution in [2.75, 3.05) is 29.5 Å². The van der Waals surface area contributed by atoms with Crippen molar-refractivity contribution in [2.45, 2.75) is 44.4 Å². The molecule has 1 aliphatic heterocycles. The van der Waals surface area contributed by atoms with Gasteiger partial charge in [-0.15, -0.1) is 0 Å². The third-order valence-corrected chi connectivity index (χ3v) is 10.4. The number of nitrogens with two attached hydrogens (primary N) is 1. The van der Waals surface area contributed by atoms with Crippen LogP contribution in [0.15, 0.2) is 47.1 Å². The zero-order valence-corrected chi connectivity index (χ0v) is 22.4. The number of hydrogen-bond donors (Lipinski definition) is 3. The van der Waals surface area contributed by atoms with Crippen LogP contribution in [0.2, 0.25) is 0 Å². The highest BCUT2D eigenvalue weighted by Crippen LogP contribution is 2.68. The second-order valence-electron chi connectivity index (χ2n) is 10.9. The summed E-state index contributed by atoms with van der Waals surface area (Å²) in [5.41, 5.74) is 6.72. The largest absolute Gasteiger partial charge is 0.438 e. The van der Waals surface area contributed by atoms with Crippen LogP contribution >= 0.6 is 10.6 Å². The van der Waals surface area contributed by atoms with E-state index in [1.807, 2.05) is 24.3 Å². The summed E-state index contributed by atoms with van der Waals surface area (Å²) in [6.45, 7) is 1.15. The van der Waals surface area contributed by atoms with E-state index in [-0.39, 0.29) is 5.89 Å². The lowest BCUT2D eigenvalue weighted by Gasteiger charge is -2.44. The summed E-state index contributed by atoms with van der Waals surface area (Å²) in [6, 6.07) is 12.1. The molecular weight excluding hydrogens is 516 g/mol. The van der Waals surface area contributed by atoms with Crippen LogP contribution in [0.3, 0.4) is 0 Å². The minimum Gasteiger partial charge on any atom is -0.438 e. The van der Waals surface area contributed by atoms with Crippen LogP contribution in [0.1, 0.15) is 50.2 Å². The number of rotatable bonds is 6. The van der Waals surface area contributed by atoms with Gasteiger partial charge in [-0.2, -0.15) is 15.9 Å². The second kappa shape index (κ2) is 9.62. The number of aromatic nitrogens is 3. The van der Waals surface area contributed by atoms with E-state index in [2.05, 4.69) is 20.9 Å². The molecule has 204 valence electrons. The highest BCUT2D eigenvalue weighted by atomic mass is 32.3. The van der Waals surface area contributed by atoms with Gasteiger partial charge in [0, 0.05) is 42.7 Å². The standard InChI is InChI=1S/C28H32N6O4S/c29-18-27(10-11-27)28(26(30)35)9-2-1-4-21(28)23-22(33-25(38-23)24-31-12-3-13-32-24)19-5-7-20(8-6-19)34-14-16-39(36,37)17-15-34/h3,5-8,12-13,21,36-37H,1-2,4,9-11,14-17H2,(H2,30,35). The maximum atomic E-state index is 13.2. The maximum absolute atomic E-state index is 13.2. The van der Waals surface area contributed by atoms with Crippen molar-refractivity contribution in [3.05, 3.63) is 48.5 Å². The van der Waals surface area contributed by atoms with E-state index < -0.39 is 33.2 Å². The van der Waals surface area contributed by atoms with E-state index in [1.165, 1.54) is 0 Å². The third kappa shape index (κ3) is 4.36. The molecule has 3 heterocycles. The number of benzene rings is 1. The summed E-state index contributed by atoms with van der Waals surface area (Å²) in [5.74, 6) is 1.04. The van der Waals surface area contributed by atoms with Crippen molar-refractivity contribution >= 4 is 22.2 Å². The van der Waals surface area contributed by atoms with E-state index in [9.17, 15) is 19.2 Å². The first-order valence-electron chi connectivity index (χ1n) is 13.4. The minimum atomic E-state index is -2.48. The van der Waals surface area contributed by atoms with Crippen LogP contribution in [0.4, 0.5) is 5.69 Å². The SMILES string of the molecule is N#CC1(C2(C(N)=O)CCCCC2c2oc(-c3ncccn3)nc2-c2ccc(N3CCS(O)(O)CC3)cc2)CC1. The molecule has 3 aliphatic rings. The number of nitriles is 1. The fraction of sp³-hybridized carbons (Fsp3) is 0.464. The Balaban J connectivity index is 1.43. The molecule has 3 aromatic rings. The number of carbonyl (C=O) groups excluding carboxylic acids is 1. The van der Waals surface area contributed by atoms with Gasteiger partial charge in [0.1, 0.15) is 11.5 Å². The summed E-state index contributed by atoms with van der Waals surface area (Å²) < 4.78 is 26.4. The smallest absolute Gasteiger partial charge is 0.265 e. The van der Waals surface area contributed by atoms with Gasteiger partial charge in [-0.3, -0.25) is 13.9 Å². The van der Waals surface area contributed by atoms with Crippen LogP contribution in [0.5, 0.6) is 0 Å². The Morgan fingerprint density at radius 3 is 2.41 bits per heavy atom. The number of hydrogen-bond acceptors (Lipinski definition) is 9. The number of oxazole rings is 1. The van der Waals surface area contributed by atoms with Crippen molar-refractivity contribution in [2.24, 2.45) is 16.6 Å². The van der Waals surface area contributed by atoms with Crippen molar-refractivity contribution in [3.63, 3.8) is 0 Å². The van der Waals surface area contributed by atoms with Gasteiger partial charge in [0.05, 0.1) is 28.4 Å². The molecule has 2 unspecified atom stereocenters. The topological polar surface area (TPSA) is 162 Å². The van der Waals surface area contributed by atoms with Crippen LogP contribution in [0, 0.1) is 22.2 Å². The van der Waals surface area contributed by atoms with Gasteiger partial charge in [0.15, 0.2) is 0 Å². The van der Waals surface area contributed by atoms with Crippen molar-refractivity contribution in [1.29, 1.82) is 5.26 Å². The molecule has 39 heavy (non-hydrogen) atoms. The van der Waals surface area contributed by atoms with Crippen molar-refractivity contribution in [3.8, 4) is 29.0 Å². The van der Waals surface area contributed by atoms with Gasteiger partial charge in [-0.05, 0) is 43.9 Å². The van der Waals surface area contributed by atoms with Crippen LogP contribution in [0.25, 0.3) is 23.0 Å². The van der Waals surface area contributed by atoms with Gasteiger partial charge in [0.25, 0.3) is 5.89 Å². The maximum Gasteiger partial charge on any atom is 0.265 e. The monoisotopic (exact) mass is 548 g/mol. The number of nitrogens with zero attached hydrogens (tertiary/aromatic N) is 5. The van der Waals surface area contributed by atoms with E-state index >= 15 is 0 Å².